The second-order valence-corrected chi connectivity index (χ2v) is 5.10. The molecule has 0 aliphatic heterocycles. The molecule has 0 atom stereocenters. The number of halogens is 3. The molecule has 128 valence electrons. The molecule has 0 aliphatic rings. The number of rotatable bonds is 5. The average molecular weight is 345 g/mol. The minimum Gasteiger partial charge on any atom is -0.354 e. The lowest BCUT2D eigenvalue weighted by atomic mass is 10.2. The van der Waals surface area contributed by atoms with Gasteiger partial charge in [0.25, 0.3) is 0 Å². The van der Waals surface area contributed by atoms with Crippen molar-refractivity contribution in [2.24, 2.45) is 0 Å². The Kier molecular flexibility index (Phi) is 4.78. The van der Waals surface area contributed by atoms with Gasteiger partial charge in [-0.1, -0.05) is 0 Å². The maximum atomic E-state index is 13.9. The number of hydrogen-bond acceptors (Lipinski definition) is 5. The highest BCUT2D eigenvalue weighted by atomic mass is 19.1. The van der Waals surface area contributed by atoms with Crippen molar-refractivity contribution in [1.82, 2.24) is 15.0 Å². The van der Waals surface area contributed by atoms with E-state index in [2.05, 4.69) is 25.6 Å². The number of pyridine rings is 1. The third-order valence-electron chi connectivity index (χ3n) is 3.28. The SMILES string of the molecule is CCNc1nc(Nc2c(F)cc(F)cc2F)cc(-c2cccnc2)n1. The molecule has 2 aromatic heterocycles. The Labute approximate surface area is 142 Å². The molecule has 2 heterocycles. The van der Waals surface area contributed by atoms with Gasteiger partial charge in [0.15, 0.2) is 11.6 Å². The number of nitrogens with zero attached hydrogens (tertiary/aromatic N) is 3. The van der Waals surface area contributed by atoms with Gasteiger partial charge in [0.1, 0.15) is 17.3 Å². The molecule has 0 saturated heterocycles. The molecule has 2 N–H and O–H groups in total. The summed E-state index contributed by atoms with van der Waals surface area (Å²) in [6.07, 6.45) is 3.24. The average Bonchev–Trinajstić information content (AvgIpc) is 2.59. The Morgan fingerprint density at radius 3 is 2.44 bits per heavy atom. The van der Waals surface area contributed by atoms with E-state index in [0.29, 0.717) is 29.9 Å². The van der Waals surface area contributed by atoms with Crippen LogP contribution in [0.2, 0.25) is 0 Å². The van der Waals surface area contributed by atoms with Crippen molar-refractivity contribution in [3.05, 3.63) is 60.2 Å². The Balaban J connectivity index is 2.03. The molecule has 0 fully saturated rings. The molecule has 25 heavy (non-hydrogen) atoms. The number of nitrogens with one attached hydrogen (secondary N) is 2. The summed E-state index contributed by atoms with van der Waals surface area (Å²) in [4.78, 5) is 12.5. The lowest BCUT2D eigenvalue weighted by molar-refractivity contribution is 0.548. The zero-order chi connectivity index (χ0) is 17.8. The van der Waals surface area contributed by atoms with Gasteiger partial charge in [-0.15, -0.1) is 0 Å². The molecule has 0 spiro atoms. The predicted octanol–water partition coefficient (Wildman–Crippen LogP) is 4.13. The minimum atomic E-state index is -1.05. The van der Waals surface area contributed by atoms with Crippen LogP contribution in [0, 0.1) is 17.5 Å². The Bertz CT molecular complexity index is 864. The molecule has 3 aromatic rings. The maximum Gasteiger partial charge on any atom is 0.225 e. The van der Waals surface area contributed by atoms with Crippen LogP contribution >= 0.6 is 0 Å². The van der Waals surface area contributed by atoms with Crippen molar-refractivity contribution in [3.8, 4) is 11.3 Å². The van der Waals surface area contributed by atoms with Crippen LogP contribution in [-0.2, 0) is 0 Å². The Morgan fingerprint density at radius 2 is 1.80 bits per heavy atom. The number of benzene rings is 1. The van der Waals surface area contributed by atoms with Crippen LogP contribution in [0.25, 0.3) is 11.3 Å². The summed E-state index contributed by atoms with van der Waals surface area (Å²) in [5.41, 5.74) is 0.747. The lowest BCUT2D eigenvalue weighted by Crippen LogP contribution is -2.07. The standard InChI is InChI=1S/C17H14F3N5/c1-2-22-17-23-14(10-4-3-5-21-9-10)8-15(25-17)24-16-12(19)6-11(18)7-13(16)20/h3-9H,2H2,1H3,(H2,22,23,24,25). The molecule has 5 nitrogen and oxygen atoms in total. The van der Waals surface area contributed by atoms with Crippen LogP contribution < -0.4 is 10.6 Å². The molecule has 0 bridgehead atoms. The van der Waals surface area contributed by atoms with Gasteiger partial charge in [-0.05, 0) is 19.1 Å². The highest BCUT2D eigenvalue weighted by Crippen LogP contribution is 2.26. The van der Waals surface area contributed by atoms with Crippen molar-refractivity contribution in [1.29, 1.82) is 0 Å². The van der Waals surface area contributed by atoms with E-state index in [4.69, 9.17) is 0 Å². The normalized spacial score (nSPS) is 10.6. The van der Waals surface area contributed by atoms with Crippen LogP contribution in [0.5, 0.6) is 0 Å². The third-order valence-corrected chi connectivity index (χ3v) is 3.28. The molecule has 0 saturated carbocycles. The van der Waals surface area contributed by atoms with E-state index in [-0.39, 0.29) is 11.8 Å². The molecule has 0 amide bonds. The molecule has 0 unspecified atom stereocenters. The molecule has 8 heteroatoms. The van der Waals surface area contributed by atoms with E-state index in [1.807, 2.05) is 6.92 Å². The van der Waals surface area contributed by atoms with Crippen molar-refractivity contribution in [3.63, 3.8) is 0 Å². The van der Waals surface area contributed by atoms with E-state index in [9.17, 15) is 13.2 Å². The van der Waals surface area contributed by atoms with Crippen LogP contribution in [0.15, 0.2) is 42.7 Å². The summed E-state index contributed by atoms with van der Waals surface area (Å²) in [5.74, 6) is -2.65. The number of aromatic nitrogens is 3. The van der Waals surface area contributed by atoms with Gasteiger partial charge in [-0.3, -0.25) is 4.98 Å². The first-order chi connectivity index (χ1) is 12.1. The smallest absolute Gasteiger partial charge is 0.225 e. The Hall–Kier alpha value is -3.16. The number of anilines is 3. The lowest BCUT2D eigenvalue weighted by Gasteiger charge is -2.12. The molecule has 3 rings (SSSR count). The zero-order valence-corrected chi connectivity index (χ0v) is 13.2. The second kappa shape index (κ2) is 7.16. The van der Waals surface area contributed by atoms with Gasteiger partial charge < -0.3 is 10.6 Å². The van der Waals surface area contributed by atoms with Gasteiger partial charge in [0, 0.05) is 42.7 Å². The van der Waals surface area contributed by atoms with Gasteiger partial charge in [0.05, 0.1) is 5.69 Å². The van der Waals surface area contributed by atoms with E-state index in [1.54, 1.807) is 24.5 Å². The van der Waals surface area contributed by atoms with Crippen LogP contribution in [0.1, 0.15) is 6.92 Å². The van der Waals surface area contributed by atoms with Crippen LogP contribution in [0.3, 0.4) is 0 Å². The van der Waals surface area contributed by atoms with Crippen LogP contribution in [-0.4, -0.2) is 21.5 Å². The summed E-state index contributed by atoms with van der Waals surface area (Å²) in [6.45, 7) is 2.43. The maximum absolute atomic E-state index is 13.9. The molecule has 0 radical (unpaired) electrons. The van der Waals surface area contributed by atoms with Crippen molar-refractivity contribution >= 4 is 17.5 Å². The van der Waals surface area contributed by atoms with Gasteiger partial charge in [-0.2, -0.15) is 4.98 Å². The topological polar surface area (TPSA) is 62.7 Å². The second-order valence-electron chi connectivity index (χ2n) is 5.10. The summed E-state index contributed by atoms with van der Waals surface area (Å²) in [6, 6.07) is 6.27. The van der Waals surface area contributed by atoms with Gasteiger partial charge >= 0.3 is 0 Å². The minimum absolute atomic E-state index is 0.161. The number of hydrogen-bond donors (Lipinski definition) is 2. The molecular formula is C17H14F3N5. The first kappa shape index (κ1) is 16.7. The quantitative estimate of drug-likeness (QED) is 0.728. The highest BCUT2D eigenvalue weighted by Gasteiger charge is 2.14. The van der Waals surface area contributed by atoms with E-state index in [0.717, 1.165) is 0 Å². The summed E-state index contributed by atoms with van der Waals surface area (Å²) in [5, 5.41) is 5.50. The third kappa shape index (κ3) is 3.85. The monoisotopic (exact) mass is 345 g/mol. The van der Waals surface area contributed by atoms with Crippen molar-refractivity contribution in [2.45, 2.75) is 6.92 Å². The summed E-state index contributed by atoms with van der Waals surface area (Å²) in [7, 11) is 0. The Morgan fingerprint density at radius 1 is 1.04 bits per heavy atom. The van der Waals surface area contributed by atoms with Crippen LogP contribution in [0.4, 0.5) is 30.6 Å². The summed E-state index contributed by atoms with van der Waals surface area (Å²) >= 11 is 0. The molecular weight excluding hydrogens is 331 g/mol. The van der Waals surface area contributed by atoms with Crippen molar-refractivity contribution < 1.29 is 13.2 Å². The first-order valence-electron chi connectivity index (χ1n) is 7.51. The van der Waals surface area contributed by atoms with Crippen molar-refractivity contribution in [2.75, 3.05) is 17.2 Å². The van der Waals surface area contributed by atoms with Gasteiger partial charge in [-0.25, -0.2) is 18.2 Å². The predicted molar refractivity (Wildman–Crippen MR) is 89.0 cm³/mol. The largest absolute Gasteiger partial charge is 0.354 e. The molecule has 0 aliphatic carbocycles. The fourth-order valence-corrected chi connectivity index (χ4v) is 2.20. The van der Waals surface area contributed by atoms with Gasteiger partial charge in [0.2, 0.25) is 5.95 Å². The fourth-order valence-electron chi connectivity index (χ4n) is 2.20. The highest BCUT2D eigenvalue weighted by molar-refractivity contribution is 5.67. The zero-order valence-electron chi connectivity index (χ0n) is 13.2. The van der Waals surface area contributed by atoms with E-state index in [1.165, 1.54) is 6.07 Å². The molecule has 1 aromatic carbocycles. The first-order valence-corrected chi connectivity index (χ1v) is 7.51. The van der Waals surface area contributed by atoms with E-state index >= 15 is 0 Å². The fraction of sp³-hybridized carbons (Fsp3) is 0.118. The van der Waals surface area contributed by atoms with E-state index < -0.39 is 23.1 Å². The summed E-state index contributed by atoms with van der Waals surface area (Å²) < 4.78 is 40.8.